The lowest BCUT2D eigenvalue weighted by molar-refractivity contribution is 0.484. The Morgan fingerprint density at radius 2 is 1.60 bits per heavy atom. The van der Waals surface area contributed by atoms with Crippen LogP contribution in [0.5, 0.6) is 0 Å². The molecule has 0 spiro atoms. The van der Waals surface area contributed by atoms with Gasteiger partial charge in [-0.1, -0.05) is 12.1 Å². The molecule has 0 aromatic heterocycles. The molecule has 1 rings (SSSR count). The molecule has 1 aromatic carbocycles. The maximum absolute atomic E-state index is 11.5. The van der Waals surface area contributed by atoms with Gasteiger partial charge in [0.05, 0.1) is 16.4 Å². The van der Waals surface area contributed by atoms with Crippen LogP contribution >= 0.6 is 0 Å². The molecule has 0 bridgehead atoms. The molecule has 0 heterocycles. The molecule has 15 heavy (non-hydrogen) atoms. The lowest BCUT2D eigenvalue weighted by Gasteiger charge is -2.01. The summed E-state index contributed by atoms with van der Waals surface area (Å²) in [6.45, 7) is 0. The summed E-state index contributed by atoms with van der Waals surface area (Å²) >= 11 is 0. The SMILES string of the molecule is O=S(=O)(O)CCS(=O)(=O)c1cc[c]cc1. The standard InChI is InChI=1S/C8H9O5S2/c9-14(10,6-7-15(11,12)13)8-4-2-1-3-5-8/h2-5H,6-7H2,(H,11,12,13). The lowest BCUT2D eigenvalue weighted by Crippen LogP contribution is -2.16. The molecule has 0 amide bonds. The van der Waals surface area contributed by atoms with Crippen molar-refractivity contribution in [3.8, 4) is 0 Å². The van der Waals surface area contributed by atoms with Crippen LogP contribution in [-0.2, 0) is 20.0 Å². The maximum Gasteiger partial charge on any atom is 0.265 e. The van der Waals surface area contributed by atoms with Crippen LogP contribution in [0.2, 0.25) is 0 Å². The van der Waals surface area contributed by atoms with Crippen LogP contribution in [-0.4, -0.2) is 32.9 Å². The second-order valence-electron chi connectivity index (χ2n) is 2.84. The fraction of sp³-hybridized carbons (Fsp3) is 0.250. The van der Waals surface area contributed by atoms with Crippen molar-refractivity contribution < 1.29 is 21.4 Å². The quantitative estimate of drug-likeness (QED) is 0.767. The van der Waals surface area contributed by atoms with E-state index in [0.717, 1.165) is 0 Å². The van der Waals surface area contributed by atoms with Crippen LogP contribution in [0.25, 0.3) is 0 Å². The van der Waals surface area contributed by atoms with E-state index in [2.05, 4.69) is 6.07 Å². The van der Waals surface area contributed by atoms with E-state index in [1.165, 1.54) is 24.3 Å². The molecule has 0 aliphatic heterocycles. The van der Waals surface area contributed by atoms with Gasteiger partial charge in [0.15, 0.2) is 9.84 Å². The fourth-order valence-electron chi connectivity index (χ4n) is 0.912. The van der Waals surface area contributed by atoms with Crippen molar-refractivity contribution in [2.75, 3.05) is 11.5 Å². The molecule has 0 unspecified atom stereocenters. The Bertz CT molecular complexity index is 515. The van der Waals surface area contributed by atoms with E-state index in [0.29, 0.717) is 0 Å². The van der Waals surface area contributed by atoms with E-state index in [1.807, 2.05) is 0 Å². The van der Waals surface area contributed by atoms with Crippen LogP contribution in [0, 0.1) is 6.07 Å². The third kappa shape index (κ3) is 3.98. The summed E-state index contributed by atoms with van der Waals surface area (Å²) < 4.78 is 52.2. The number of sulfone groups is 1. The third-order valence-corrected chi connectivity index (χ3v) is 4.37. The molecule has 0 saturated heterocycles. The monoisotopic (exact) mass is 249 g/mol. The molecule has 0 saturated carbocycles. The van der Waals surface area contributed by atoms with Gasteiger partial charge < -0.3 is 0 Å². The summed E-state index contributed by atoms with van der Waals surface area (Å²) in [6, 6.07) is 8.12. The molecule has 0 fully saturated rings. The minimum atomic E-state index is -4.25. The Morgan fingerprint density at radius 3 is 2.07 bits per heavy atom. The highest BCUT2D eigenvalue weighted by Gasteiger charge is 2.17. The number of hydrogen-bond donors (Lipinski definition) is 1. The van der Waals surface area contributed by atoms with Crippen molar-refractivity contribution in [1.82, 2.24) is 0 Å². The van der Waals surface area contributed by atoms with Crippen molar-refractivity contribution >= 4 is 20.0 Å². The Labute approximate surface area is 88.4 Å². The predicted molar refractivity (Wildman–Crippen MR) is 53.7 cm³/mol. The van der Waals surface area contributed by atoms with E-state index >= 15 is 0 Å². The average Bonchev–Trinajstić information content (AvgIpc) is 2.16. The highest BCUT2D eigenvalue weighted by molar-refractivity contribution is 7.93. The van der Waals surface area contributed by atoms with Crippen LogP contribution < -0.4 is 0 Å². The zero-order chi connectivity index (χ0) is 11.5. The lowest BCUT2D eigenvalue weighted by atomic mass is 10.4. The van der Waals surface area contributed by atoms with Gasteiger partial charge in [0.25, 0.3) is 10.1 Å². The Hall–Kier alpha value is -0.920. The second-order valence-corrected chi connectivity index (χ2v) is 6.52. The van der Waals surface area contributed by atoms with Gasteiger partial charge in [0.1, 0.15) is 0 Å². The molecule has 83 valence electrons. The Balaban J connectivity index is 2.87. The van der Waals surface area contributed by atoms with Crippen molar-refractivity contribution in [1.29, 1.82) is 0 Å². The molecule has 0 atom stereocenters. The van der Waals surface area contributed by atoms with E-state index < -0.39 is 31.5 Å². The molecule has 1 aromatic rings. The molecule has 1 radical (unpaired) electrons. The van der Waals surface area contributed by atoms with Gasteiger partial charge in [0.2, 0.25) is 0 Å². The van der Waals surface area contributed by atoms with Gasteiger partial charge in [-0.2, -0.15) is 8.42 Å². The van der Waals surface area contributed by atoms with Crippen LogP contribution in [0.4, 0.5) is 0 Å². The van der Waals surface area contributed by atoms with Gasteiger partial charge in [-0.3, -0.25) is 4.55 Å². The van der Waals surface area contributed by atoms with Gasteiger partial charge in [-0.05, 0) is 18.2 Å². The first-order valence-corrected chi connectivity index (χ1v) is 7.21. The molecule has 1 N–H and O–H groups in total. The first-order chi connectivity index (χ1) is 6.81. The minimum Gasteiger partial charge on any atom is -0.286 e. The zero-order valence-electron chi connectivity index (χ0n) is 7.62. The van der Waals surface area contributed by atoms with E-state index in [9.17, 15) is 16.8 Å². The van der Waals surface area contributed by atoms with Crippen molar-refractivity contribution in [2.45, 2.75) is 4.90 Å². The maximum atomic E-state index is 11.5. The van der Waals surface area contributed by atoms with Gasteiger partial charge in [-0.25, -0.2) is 8.42 Å². The first-order valence-electron chi connectivity index (χ1n) is 3.95. The summed E-state index contributed by atoms with van der Waals surface area (Å²) in [7, 11) is -7.90. The van der Waals surface area contributed by atoms with Gasteiger partial charge in [0, 0.05) is 0 Å². The molecule has 0 aliphatic rings. The topological polar surface area (TPSA) is 88.5 Å². The molecular weight excluding hydrogens is 240 g/mol. The second kappa shape index (κ2) is 4.30. The highest BCUT2D eigenvalue weighted by atomic mass is 32.2. The van der Waals surface area contributed by atoms with Crippen LogP contribution in [0.1, 0.15) is 0 Å². The van der Waals surface area contributed by atoms with Crippen molar-refractivity contribution in [2.24, 2.45) is 0 Å². The summed E-state index contributed by atoms with van der Waals surface area (Å²) in [5.41, 5.74) is 0. The Morgan fingerprint density at radius 1 is 1.07 bits per heavy atom. The molecule has 5 nitrogen and oxygen atoms in total. The van der Waals surface area contributed by atoms with E-state index in [-0.39, 0.29) is 4.90 Å². The predicted octanol–water partition coefficient (Wildman–Crippen LogP) is 0.148. The van der Waals surface area contributed by atoms with Crippen LogP contribution in [0.15, 0.2) is 29.2 Å². The number of rotatable bonds is 4. The largest absolute Gasteiger partial charge is 0.286 e. The van der Waals surface area contributed by atoms with Crippen molar-refractivity contribution in [3.63, 3.8) is 0 Å². The number of hydrogen-bond acceptors (Lipinski definition) is 4. The zero-order valence-corrected chi connectivity index (χ0v) is 9.25. The smallest absolute Gasteiger partial charge is 0.265 e. The fourth-order valence-corrected chi connectivity index (χ4v) is 3.42. The summed E-state index contributed by atoms with van der Waals surface area (Å²) in [4.78, 5) is 0.0184. The van der Waals surface area contributed by atoms with Gasteiger partial charge in [-0.15, -0.1) is 0 Å². The summed E-state index contributed by atoms with van der Waals surface area (Å²) in [5.74, 6) is -1.43. The van der Waals surface area contributed by atoms with Crippen molar-refractivity contribution in [3.05, 3.63) is 30.3 Å². The first kappa shape index (κ1) is 12.2. The average molecular weight is 249 g/mol. The normalized spacial score (nSPS) is 12.6. The molecule has 7 heteroatoms. The molecular formula is C8H9O5S2. The number of benzene rings is 1. The molecule has 0 aliphatic carbocycles. The van der Waals surface area contributed by atoms with Gasteiger partial charge >= 0.3 is 0 Å². The minimum absolute atomic E-state index is 0.0184. The van der Waals surface area contributed by atoms with E-state index in [1.54, 1.807) is 0 Å². The third-order valence-electron chi connectivity index (χ3n) is 1.66. The Kier molecular flexibility index (Phi) is 3.48. The summed E-state index contributed by atoms with van der Waals surface area (Å²) in [6.07, 6.45) is 0. The highest BCUT2D eigenvalue weighted by Crippen LogP contribution is 2.09. The van der Waals surface area contributed by atoms with E-state index in [4.69, 9.17) is 4.55 Å². The summed E-state index contributed by atoms with van der Waals surface area (Å²) in [5, 5.41) is 0. The van der Waals surface area contributed by atoms with Crippen LogP contribution in [0.3, 0.4) is 0 Å².